The SMILES string of the molecule is CCCN1CCN(Cc2nc(-c3ccc(C)cc3)no2)CC1. The summed E-state index contributed by atoms with van der Waals surface area (Å²) in [4.78, 5) is 9.43. The van der Waals surface area contributed by atoms with Gasteiger partial charge in [0.2, 0.25) is 11.7 Å². The van der Waals surface area contributed by atoms with E-state index in [4.69, 9.17) is 4.52 Å². The lowest BCUT2D eigenvalue weighted by atomic mass is 10.1. The zero-order valence-corrected chi connectivity index (χ0v) is 13.5. The Morgan fingerprint density at radius 2 is 1.73 bits per heavy atom. The van der Waals surface area contributed by atoms with Gasteiger partial charge in [0.15, 0.2) is 0 Å². The maximum Gasteiger partial charge on any atom is 0.241 e. The molecular weight excluding hydrogens is 276 g/mol. The molecule has 1 aliphatic heterocycles. The molecule has 3 rings (SSSR count). The average molecular weight is 300 g/mol. The Morgan fingerprint density at radius 1 is 1.05 bits per heavy atom. The summed E-state index contributed by atoms with van der Waals surface area (Å²) in [6, 6.07) is 8.21. The van der Waals surface area contributed by atoms with Crippen molar-refractivity contribution in [2.24, 2.45) is 0 Å². The molecule has 1 fully saturated rings. The first-order chi connectivity index (χ1) is 10.7. The third-order valence-electron chi connectivity index (χ3n) is 4.14. The van der Waals surface area contributed by atoms with E-state index in [1.54, 1.807) is 0 Å². The second-order valence-electron chi connectivity index (χ2n) is 6.00. The summed E-state index contributed by atoms with van der Waals surface area (Å²) in [7, 11) is 0. The molecule has 2 aromatic rings. The van der Waals surface area contributed by atoms with E-state index in [-0.39, 0.29) is 0 Å². The quantitative estimate of drug-likeness (QED) is 0.849. The third-order valence-corrected chi connectivity index (χ3v) is 4.14. The number of aromatic nitrogens is 2. The lowest BCUT2D eigenvalue weighted by Crippen LogP contribution is -2.46. The van der Waals surface area contributed by atoms with E-state index in [1.165, 1.54) is 18.5 Å². The maximum absolute atomic E-state index is 5.41. The van der Waals surface area contributed by atoms with E-state index < -0.39 is 0 Å². The van der Waals surface area contributed by atoms with Crippen molar-refractivity contribution in [3.05, 3.63) is 35.7 Å². The van der Waals surface area contributed by atoms with Gasteiger partial charge in [0, 0.05) is 31.7 Å². The molecule has 0 bridgehead atoms. The molecule has 22 heavy (non-hydrogen) atoms. The highest BCUT2D eigenvalue weighted by atomic mass is 16.5. The monoisotopic (exact) mass is 300 g/mol. The molecule has 0 spiro atoms. The van der Waals surface area contributed by atoms with Crippen molar-refractivity contribution in [1.29, 1.82) is 0 Å². The molecule has 2 heterocycles. The zero-order valence-electron chi connectivity index (χ0n) is 13.5. The van der Waals surface area contributed by atoms with E-state index in [1.807, 2.05) is 12.1 Å². The molecule has 0 radical (unpaired) electrons. The van der Waals surface area contributed by atoms with Gasteiger partial charge in [-0.05, 0) is 19.9 Å². The second kappa shape index (κ2) is 7.03. The Balaban J connectivity index is 1.57. The molecule has 0 aliphatic carbocycles. The van der Waals surface area contributed by atoms with Crippen LogP contribution in [0, 0.1) is 6.92 Å². The standard InChI is InChI=1S/C17H24N4O/c1-3-8-20-9-11-21(12-10-20)13-16-18-17(19-22-16)15-6-4-14(2)5-7-15/h4-7H,3,8-13H2,1-2H3. The highest BCUT2D eigenvalue weighted by Crippen LogP contribution is 2.17. The predicted octanol–water partition coefficient (Wildman–Crippen LogP) is 2.57. The van der Waals surface area contributed by atoms with E-state index >= 15 is 0 Å². The van der Waals surface area contributed by atoms with Gasteiger partial charge in [-0.2, -0.15) is 4.98 Å². The van der Waals surface area contributed by atoms with Gasteiger partial charge in [0.25, 0.3) is 0 Å². The summed E-state index contributed by atoms with van der Waals surface area (Å²) in [5.74, 6) is 1.39. The van der Waals surface area contributed by atoms with E-state index in [0.717, 1.165) is 38.3 Å². The molecule has 0 N–H and O–H groups in total. The molecule has 5 nitrogen and oxygen atoms in total. The summed E-state index contributed by atoms with van der Waals surface area (Å²) < 4.78 is 5.41. The number of benzene rings is 1. The third kappa shape index (κ3) is 3.72. The summed E-state index contributed by atoms with van der Waals surface area (Å²) in [6.45, 7) is 10.7. The number of rotatable bonds is 5. The molecule has 1 aromatic heterocycles. The van der Waals surface area contributed by atoms with Crippen molar-refractivity contribution < 1.29 is 4.52 Å². The van der Waals surface area contributed by atoms with Crippen molar-refractivity contribution in [1.82, 2.24) is 19.9 Å². The fourth-order valence-electron chi connectivity index (χ4n) is 2.82. The van der Waals surface area contributed by atoms with Crippen LogP contribution in [-0.4, -0.2) is 52.7 Å². The van der Waals surface area contributed by atoms with Gasteiger partial charge < -0.3 is 9.42 Å². The lowest BCUT2D eigenvalue weighted by molar-refractivity contribution is 0.117. The minimum atomic E-state index is 0.680. The van der Waals surface area contributed by atoms with E-state index in [0.29, 0.717) is 11.7 Å². The van der Waals surface area contributed by atoms with Crippen molar-refractivity contribution in [2.75, 3.05) is 32.7 Å². The van der Waals surface area contributed by atoms with Gasteiger partial charge in [-0.3, -0.25) is 4.90 Å². The molecule has 1 aliphatic rings. The van der Waals surface area contributed by atoms with Crippen LogP contribution >= 0.6 is 0 Å². The van der Waals surface area contributed by atoms with Crippen LogP contribution in [0.5, 0.6) is 0 Å². The largest absolute Gasteiger partial charge is 0.338 e. The minimum absolute atomic E-state index is 0.680. The summed E-state index contributed by atoms with van der Waals surface area (Å²) in [6.07, 6.45) is 1.23. The topological polar surface area (TPSA) is 45.4 Å². The van der Waals surface area contributed by atoms with Gasteiger partial charge in [-0.25, -0.2) is 0 Å². The second-order valence-corrected chi connectivity index (χ2v) is 6.00. The Labute approximate surface area is 131 Å². The van der Waals surface area contributed by atoms with Gasteiger partial charge in [-0.1, -0.05) is 41.9 Å². The van der Waals surface area contributed by atoms with Gasteiger partial charge in [-0.15, -0.1) is 0 Å². The Hall–Kier alpha value is -1.72. The zero-order chi connectivity index (χ0) is 15.4. The lowest BCUT2D eigenvalue weighted by Gasteiger charge is -2.33. The molecule has 118 valence electrons. The van der Waals surface area contributed by atoms with E-state index in [2.05, 4.69) is 45.9 Å². The first-order valence-corrected chi connectivity index (χ1v) is 8.09. The minimum Gasteiger partial charge on any atom is -0.338 e. The van der Waals surface area contributed by atoms with Crippen LogP contribution in [0.25, 0.3) is 11.4 Å². The molecule has 1 aromatic carbocycles. The van der Waals surface area contributed by atoms with Gasteiger partial charge >= 0.3 is 0 Å². The summed E-state index contributed by atoms with van der Waals surface area (Å²) >= 11 is 0. The average Bonchev–Trinajstić information content (AvgIpc) is 2.99. The molecule has 5 heteroatoms. The predicted molar refractivity (Wildman–Crippen MR) is 86.5 cm³/mol. The number of aryl methyl sites for hydroxylation is 1. The number of hydrogen-bond acceptors (Lipinski definition) is 5. The van der Waals surface area contributed by atoms with E-state index in [9.17, 15) is 0 Å². The van der Waals surface area contributed by atoms with Gasteiger partial charge in [0.05, 0.1) is 6.54 Å². The van der Waals surface area contributed by atoms with Crippen LogP contribution in [0.4, 0.5) is 0 Å². The van der Waals surface area contributed by atoms with Crippen LogP contribution in [0.3, 0.4) is 0 Å². The first-order valence-electron chi connectivity index (χ1n) is 8.09. The number of piperazine rings is 1. The van der Waals surface area contributed by atoms with Crippen LogP contribution in [-0.2, 0) is 6.54 Å². The highest BCUT2D eigenvalue weighted by Gasteiger charge is 2.18. The Kier molecular flexibility index (Phi) is 4.85. The Morgan fingerprint density at radius 3 is 2.41 bits per heavy atom. The summed E-state index contributed by atoms with van der Waals surface area (Å²) in [5.41, 5.74) is 2.24. The molecule has 0 amide bonds. The molecule has 0 atom stereocenters. The fourth-order valence-corrected chi connectivity index (χ4v) is 2.82. The van der Waals surface area contributed by atoms with Crippen LogP contribution in [0.2, 0.25) is 0 Å². The fraction of sp³-hybridized carbons (Fsp3) is 0.529. The van der Waals surface area contributed by atoms with Crippen LogP contribution in [0.15, 0.2) is 28.8 Å². The summed E-state index contributed by atoms with van der Waals surface area (Å²) in [5, 5.41) is 4.10. The van der Waals surface area contributed by atoms with Crippen molar-refractivity contribution in [3.8, 4) is 11.4 Å². The molecule has 1 saturated heterocycles. The smallest absolute Gasteiger partial charge is 0.241 e. The highest BCUT2D eigenvalue weighted by molar-refractivity contribution is 5.54. The molecule has 0 saturated carbocycles. The maximum atomic E-state index is 5.41. The normalized spacial score (nSPS) is 17.0. The van der Waals surface area contributed by atoms with Crippen molar-refractivity contribution in [3.63, 3.8) is 0 Å². The molecular formula is C17H24N4O. The number of hydrogen-bond donors (Lipinski definition) is 0. The van der Waals surface area contributed by atoms with Crippen molar-refractivity contribution in [2.45, 2.75) is 26.8 Å². The van der Waals surface area contributed by atoms with Gasteiger partial charge in [0.1, 0.15) is 0 Å². The van der Waals surface area contributed by atoms with Crippen molar-refractivity contribution >= 4 is 0 Å². The molecule has 0 unspecified atom stereocenters. The first kappa shape index (κ1) is 15.2. The van der Waals surface area contributed by atoms with Crippen LogP contribution in [0.1, 0.15) is 24.8 Å². The van der Waals surface area contributed by atoms with Crippen LogP contribution < -0.4 is 0 Å². The Bertz CT molecular complexity index is 585. The number of nitrogens with zero attached hydrogens (tertiary/aromatic N) is 4.